The third-order valence-corrected chi connectivity index (χ3v) is 3.70. The van der Waals surface area contributed by atoms with Crippen molar-refractivity contribution in [1.29, 1.82) is 0 Å². The van der Waals surface area contributed by atoms with Crippen molar-refractivity contribution in [2.75, 3.05) is 38.0 Å². The van der Waals surface area contributed by atoms with Crippen molar-refractivity contribution in [2.24, 2.45) is 0 Å². The van der Waals surface area contributed by atoms with E-state index in [4.69, 9.17) is 11.6 Å². The van der Waals surface area contributed by atoms with Crippen molar-refractivity contribution in [1.82, 2.24) is 4.90 Å². The lowest BCUT2D eigenvalue weighted by molar-refractivity contribution is -0.902. The van der Waals surface area contributed by atoms with E-state index in [1.54, 1.807) is 11.0 Å². The van der Waals surface area contributed by atoms with E-state index in [9.17, 15) is 4.79 Å². The molecule has 0 unspecified atom stereocenters. The number of rotatable bonds is 2. The van der Waals surface area contributed by atoms with Crippen molar-refractivity contribution in [3.8, 4) is 0 Å². The normalized spacial score (nSPS) is 16.7. The van der Waals surface area contributed by atoms with E-state index in [0.717, 1.165) is 32.7 Å². The highest BCUT2D eigenvalue weighted by atomic mass is 35.5. The molecule has 1 heterocycles. The van der Waals surface area contributed by atoms with E-state index in [1.807, 2.05) is 23.1 Å². The largest absolute Gasteiger partial charge is 0.332 e. The number of hydrogen-bond acceptors (Lipinski definition) is 1. The van der Waals surface area contributed by atoms with Crippen molar-refractivity contribution >= 4 is 23.3 Å². The summed E-state index contributed by atoms with van der Waals surface area (Å²) in [4.78, 5) is 15.5. The molecule has 98 valence electrons. The first-order valence-corrected chi connectivity index (χ1v) is 6.72. The molecular weight excluding hydrogens is 250 g/mol. The zero-order valence-corrected chi connectivity index (χ0v) is 11.3. The quantitative estimate of drug-likeness (QED) is 0.828. The van der Waals surface area contributed by atoms with Crippen LogP contribution in [0.5, 0.6) is 0 Å². The molecule has 0 bridgehead atoms. The monoisotopic (exact) mass is 268 g/mol. The Morgan fingerprint density at radius 3 is 2.67 bits per heavy atom. The minimum atomic E-state index is -0.0572. The number of nitrogens with zero attached hydrogens (tertiary/aromatic N) is 1. The summed E-state index contributed by atoms with van der Waals surface area (Å²) in [5.74, 6) is 0. The molecule has 4 nitrogen and oxygen atoms in total. The Bertz CT molecular complexity index is 416. The van der Waals surface area contributed by atoms with Crippen molar-refractivity contribution in [3.63, 3.8) is 0 Å². The Morgan fingerprint density at radius 2 is 2.06 bits per heavy atom. The molecule has 0 saturated carbocycles. The second kappa shape index (κ2) is 6.07. The Labute approximate surface area is 113 Å². The molecular formula is C13H19ClN3O+. The fourth-order valence-electron chi connectivity index (χ4n) is 2.14. The number of carbonyl (C=O) groups is 1. The number of nitrogens with one attached hydrogen (secondary N) is 2. The van der Waals surface area contributed by atoms with E-state index in [1.165, 1.54) is 0 Å². The first-order valence-electron chi connectivity index (χ1n) is 6.34. The highest BCUT2D eigenvalue weighted by Gasteiger charge is 2.22. The first kappa shape index (κ1) is 13.2. The average Bonchev–Trinajstić information content (AvgIpc) is 2.41. The molecule has 0 aromatic heterocycles. The van der Waals surface area contributed by atoms with Crippen LogP contribution in [-0.2, 0) is 0 Å². The van der Waals surface area contributed by atoms with Gasteiger partial charge < -0.3 is 15.1 Å². The molecule has 0 spiro atoms. The lowest BCUT2D eigenvalue weighted by atomic mass is 10.3. The van der Waals surface area contributed by atoms with Gasteiger partial charge in [0.15, 0.2) is 0 Å². The molecule has 1 aliphatic heterocycles. The Kier molecular flexibility index (Phi) is 4.44. The maximum absolute atomic E-state index is 12.1. The number of urea groups is 1. The van der Waals surface area contributed by atoms with Gasteiger partial charge in [-0.2, -0.15) is 0 Å². The Hall–Kier alpha value is -1.26. The lowest BCUT2D eigenvalue weighted by Crippen LogP contribution is -3.14. The van der Waals surface area contributed by atoms with Gasteiger partial charge in [-0.1, -0.05) is 23.7 Å². The van der Waals surface area contributed by atoms with Gasteiger partial charge in [0, 0.05) is 0 Å². The van der Waals surface area contributed by atoms with Crippen LogP contribution in [0.25, 0.3) is 0 Å². The molecule has 0 radical (unpaired) electrons. The van der Waals surface area contributed by atoms with E-state index in [2.05, 4.69) is 12.2 Å². The van der Waals surface area contributed by atoms with E-state index < -0.39 is 0 Å². The maximum Gasteiger partial charge on any atom is 0.322 e. The second-order valence-electron chi connectivity index (χ2n) is 4.50. The summed E-state index contributed by atoms with van der Waals surface area (Å²) in [7, 11) is 0. The highest BCUT2D eigenvalue weighted by molar-refractivity contribution is 6.33. The van der Waals surface area contributed by atoms with Crippen LogP contribution in [0, 0.1) is 0 Å². The summed E-state index contributed by atoms with van der Waals surface area (Å²) in [5, 5.41) is 3.43. The minimum absolute atomic E-state index is 0.0572. The SMILES string of the molecule is CC[NH+]1CCN(C(=O)Nc2ccccc2Cl)CC1. The number of likely N-dealkylation sites (N-methyl/N-ethyl adjacent to an activating group) is 1. The van der Waals surface area contributed by atoms with Gasteiger partial charge in [0.2, 0.25) is 0 Å². The Morgan fingerprint density at radius 1 is 1.39 bits per heavy atom. The van der Waals surface area contributed by atoms with Crippen molar-refractivity contribution < 1.29 is 9.69 Å². The number of piperazine rings is 1. The van der Waals surface area contributed by atoms with Gasteiger partial charge in [0.05, 0.1) is 43.4 Å². The summed E-state index contributed by atoms with van der Waals surface area (Å²) in [6.07, 6.45) is 0. The molecule has 18 heavy (non-hydrogen) atoms. The van der Waals surface area contributed by atoms with Gasteiger partial charge in [0.1, 0.15) is 0 Å². The smallest absolute Gasteiger partial charge is 0.322 e. The average molecular weight is 269 g/mol. The molecule has 5 heteroatoms. The zero-order chi connectivity index (χ0) is 13.0. The van der Waals surface area contributed by atoms with Crippen LogP contribution in [0.1, 0.15) is 6.92 Å². The molecule has 1 aliphatic rings. The zero-order valence-electron chi connectivity index (χ0n) is 10.6. The maximum atomic E-state index is 12.1. The van der Waals surface area contributed by atoms with Crippen molar-refractivity contribution in [3.05, 3.63) is 29.3 Å². The minimum Gasteiger partial charge on any atom is -0.332 e. The summed E-state index contributed by atoms with van der Waals surface area (Å²) >= 11 is 6.02. The van der Waals surface area contributed by atoms with Crippen LogP contribution < -0.4 is 10.2 Å². The molecule has 0 atom stereocenters. The van der Waals surface area contributed by atoms with Gasteiger partial charge in [-0.05, 0) is 19.1 Å². The van der Waals surface area contributed by atoms with E-state index in [-0.39, 0.29) is 6.03 Å². The number of para-hydroxylation sites is 1. The van der Waals surface area contributed by atoms with Crippen LogP contribution in [-0.4, -0.2) is 43.7 Å². The van der Waals surface area contributed by atoms with Crippen molar-refractivity contribution in [2.45, 2.75) is 6.92 Å². The number of quaternary nitrogens is 1. The highest BCUT2D eigenvalue weighted by Crippen LogP contribution is 2.20. The summed E-state index contributed by atoms with van der Waals surface area (Å²) < 4.78 is 0. The third kappa shape index (κ3) is 3.15. The van der Waals surface area contributed by atoms with Crippen LogP contribution in [0.2, 0.25) is 5.02 Å². The summed E-state index contributed by atoms with van der Waals surface area (Å²) in [6.45, 7) is 6.95. The molecule has 1 aromatic rings. The number of halogens is 1. The number of carbonyl (C=O) groups excluding carboxylic acids is 1. The standard InChI is InChI=1S/C13H18ClN3O/c1-2-16-7-9-17(10-8-16)13(18)15-12-6-4-3-5-11(12)14/h3-6H,2,7-10H2,1H3,(H,15,18)/p+1. The number of benzene rings is 1. The molecule has 1 saturated heterocycles. The van der Waals surface area contributed by atoms with Gasteiger partial charge in [-0.25, -0.2) is 4.79 Å². The topological polar surface area (TPSA) is 36.8 Å². The fraction of sp³-hybridized carbons (Fsp3) is 0.462. The molecule has 0 aliphatic carbocycles. The number of amides is 2. The van der Waals surface area contributed by atoms with Crippen LogP contribution >= 0.6 is 11.6 Å². The number of hydrogen-bond donors (Lipinski definition) is 2. The Balaban J connectivity index is 1.91. The predicted molar refractivity (Wildman–Crippen MR) is 73.3 cm³/mol. The van der Waals surface area contributed by atoms with Crippen LogP contribution in [0.3, 0.4) is 0 Å². The predicted octanol–water partition coefficient (Wildman–Crippen LogP) is 1.09. The first-order chi connectivity index (χ1) is 8.70. The lowest BCUT2D eigenvalue weighted by Gasteiger charge is -2.31. The second-order valence-corrected chi connectivity index (χ2v) is 4.91. The summed E-state index contributed by atoms with van der Waals surface area (Å²) in [6, 6.07) is 7.24. The van der Waals surface area contributed by atoms with Gasteiger partial charge in [-0.3, -0.25) is 0 Å². The van der Waals surface area contributed by atoms with Gasteiger partial charge >= 0.3 is 6.03 Å². The third-order valence-electron chi connectivity index (χ3n) is 3.37. The molecule has 1 fully saturated rings. The molecule has 2 N–H and O–H groups in total. The summed E-state index contributed by atoms with van der Waals surface area (Å²) in [5.41, 5.74) is 0.675. The molecule has 2 amide bonds. The molecule has 1 aromatic carbocycles. The van der Waals surface area contributed by atoms with E-state index >= 15 is 0 Å². The van der Waals surface area contributed by atoms with Crippen LogP contribution in [0.15, 0.2) is 24.3 Å². The number of anilines is 1. The van der Waals surface area contributed by atoms with Gasteiger partial charge in [0.25, 0.3) is 0 Å². The van der Waals surface area contributed by atoms with Gasteiger partial charge in [-0.15, -0.1) is 0 Å². The fourth-order valence-corrected chi connectivity index (χ4v) is 2.32. The van der Waals surface area contributed by atoms with E-state index in [0.29, 0.717) is 10.7 Å². The van der Waals surface area contributed by atoms with Crippen LogP contribution in [0.4, 0.5) is 10.5 Å². The molecule has 2 rings (SSSR count).